The first-order chi connectivity index (χ1) is 15.8. The van der Waals surface area contributed by atoms with E-state index in [0.717, 1.165) is 18.3 Å². The molecule has 1 N–H and O–H groups in total. The number of aliphatic hydroxyl groups is 1. The van der Waals surface area contributed by atoms with Gasteiger partial charge < -0.3 is 29.6 Å². The third-order valence-electron chi connectivity index (χ3n) is 5.10. The fourth-order valence-electron chi connectivity index (χ4n) is 3.37. The van der Waals surface area contributed by atoms with Crippen LogP contribution in [0, 0.1) is 10.1 Å². The van der Waals surface area contributed by atoms with E-state index in [4.69, 9.17) is 21.1 Å². The number of likely N-dealkylation sites (tertiary alicyclic amines) is 1. The van der Waals surface area contributed by atoms with Gasteiger partial charge in [0.05, 0.1) is 12.1 Å². The Labute approximate surface area is 197 Å². The van der Waals surface area contributed by atoms with Crippen LogP contribution < -0.4 is 4.74 Å². The Balaban J connectivity index is 1.45. The molecule has 1 aromatic heterocycles. The van der Waals surface area contributed by atoms with Crippen LogP contribution in [-0.2, 0) is 17.5 Å². The number of alkyl halides is 3. The lowest BCUT2D eigenvalue weighted by molar-refractivity contribution is -0.389. The largest absolute Gasteiger partial charge is 0.490 e. The zero-order valence-electron chi connectivity index (χ0n) is 18.0. The summed E-state index contributed by atoms with van der Waals surface area (Å²) < 4.78 is 50.0. The van der Waals surface area contributed by atoms with E-state index in [1.165, 1.54) is 28.5 Å². The molecule has 0 unspecified atom stereocenters. The number of rotatable bonds is 7. The summed E-state index contributed by atoms with van der Waals surface area (Å²) in [5, 5.41) is 21.1. The van der Waals surface area contributed by atoms with Gasteiger partial charge in [-0.15, -0.1) is 0 Å². The predicted molar refractivity (Wildman–Crippen MR) is 113 cm³/mol. The molecule has 14 heteroatoms. The van der Waals surface area contributed by atoms with Gasteiger partial charge in [0.25, 0.3) is 0 Å². The van der Waals surface area contributed by atoms with E-state index in [2.05, 4.69) is 4.98 Å². The van der Waals surface area contributed by atoms with Crippen LogP contribution in [-0.4, -0.2) is 62.0 Å². The number of carbonyl (C=O) groups excluding carboxylic acids is 1. The van der Waals surface area contributed by atoms with Gasteiger partial charge in [-0.2, -0.15) is 13.2 Å². The van der Waals surface area contributed by atoms with Crippen molar-refractivity contribution < 1.29 is 37.5 Å². The van der Waals surface area contributed by atoms with Crippen molar-refractivity contribution in [2.24, 2.45) is 0 Å². The number of nitrogens with zero attached hydrogens (tertiary/aromatic N) is 4. The number of ether oxygens (including phenoxy) is 2. The number of nitro groups is 1. The van der Waals surface area contributed by atoms with Crippen LogP contribution in [0.2, 0.25) is 5.28 Å². The van der Waals surface area contributed by atoms with Gasteiger partial charge in [0.15, 0.2) is 0 Å². The fourth-order valence-corrected chi connectivity index (χ4v) is 3.57. The number of piperidine rings is 1. The molecule has 2 aromatic rings. The number of benzene rings is 1. The molecule has 1 atom stereocenters. The van der Waals surface area contributed by atoms with Gasteiger partial charge in [-0.05, 0) is 52.7 Å². The second-order valence-electron chi connectivity index (χ2n) is 8.13. The molecule has 1 fully saturated rings. The zero-order chi connectivity index (χ0) is 25.1. The number of imidazole rings is 1. The van der Waals surface area contributed by atoms with E-state index >= 15 is 0 Å². The van der Waals surface area contributed by atoms with Crippen LogP contribution >= 0.6 is 11.6 Å². The summed E-state index contributed by atoms with van der Waals surface area (Å²) in [5.74, 6) is -0.164. The molecule has 2 heterocycles. The Morgan fingerprint density at radius 1 is 1.29 bits per heavy atom. The van der Waals surface area contributed by atoms with E-state index in [-0.39, 0.29) is 17.9 Å². The Morgan fingerprint density at radius 3 is 2.44 bits per heavy atom. The number of hydrogen-bond donors (Lipinski definition) is 1. The average Bonchev–Trinajstić information content (AvgIpc) is 3.12. The maximum Gasteiger partial charge on any atom is 0.416 e. The monoisotopic (exact) mass is 506 g/mol. The number of halogens is 4. The minimum atomic E-state index is -4.42. The van der Waals surface area contributed by atoms with Gasteiger partial charge in [0, 0.05) is 25.9 Å². The molecule has 1 aliphatic heterocycles. The smallest absolute Gasteiger partial charge is 0.416 e. The lowest BCUT2D eigenvalue weighted by atomic mass is 10.1. The minimum absolute atomic E-state index is 0.187. The van der Waals surface area contributed by atoms with Gasteiger partial charge in [-0.25, -0.2) is 4.79 Å². The lowest BCUT2D eigenvalue weighted by Gasteiger charge is -2.32. The quantitative estimate of drug-likeness (QED) is 0.446. The summed E-state index contributed by atoms with van der Waals surface area (Å²) in [5.41, 5.74) is -2.33. The molecule has 0 aliphatic carbocycles. The maximum absolute atomic E-state index is 12.7. The summed E-state index contributed by atoms with van der Waals surface area (Å²) >= 11 is 5.84. The van der Waals surface area contributed by atoms with Crippen molar-refractivity contribution in [2.75, 3.05) is 19.7 Å². The fraction of sp³-hybridized carbons (Fsp3) is 0.500. The van der Waals surface area contributed by atoms with Gasteiger partial charge >= 0.3 is 23.4 Å². The van der Waals surface area contributed by atoms with E-state index < -0.39 is 40.8 Å². The van der Waals surface area contributed by atoms with Crippen LogP contribution in [0.5, 0.6) is 5.75 Å². The molecule has 0 radical (unpaired) electrons. The van der Waals surface area contributed by atoms with Crippen molar-refractivity contribution in [1.29, 1.82) is 0 Å². The molecule has 34 heavy (non-hydrogen) atoms. The van der Waals surface area contributed by atoms with Crippen LogP contribution in [0.4, 0.5) is 23.8 Å². The normalized spacial score (nSPS) is 16.7. The van der Waals surface area contributed by atoms with E-state index in [1.54, 1.807) is 0 Å². The number of carbonyl (C=O) groups is 1. The van der Waals surface area contributed by atoms with Crippen molar-refractivity contribution in [3.63, 3.8) is 0 Å². The molecule has 1 aromatic carbocycles. The summed E-state index contributed by atoms with van der Waals surface area (Å²) in [6.07, 6.45) is -3.39. The SMILES string of the molecule is C[C@](O)(COC(=O)N1CCC(Oc2ccc(C(F)(F)F)cc2)CC1)Cn1cc([N+](=O)[O-])nc1Cl. The van der Waals surface area contributed by atoms with E-state index in [0.29, 0.717) is 31.7 Å². The average molecular weight is 507 g/mol. The van der Waals surface area contributed by atoms with Crippen LogP contribution in [0.25, 0.3) is 0 Å². The highest BCUT2D eigenvalue weighted by atomic mass is 35.5. The van der Waals surface area contributed by atoms with Crippen molar-refractivity contribution in [2.45, 2.75) is 44.2 Å². The van der Waals surface area contributed by atoms with Crippen molar-refractivity contribution in [3.05, 3.63) is 51.4 Å². The standard InChI is InChI=1S/C20H22ClF3N4O6/c1-19(30,11-27-10-16(28(31)32)25-17(27)21)12-33-18(29)26-8-6-15(7-9-26)34-14-4-2-13(3-5-14)20(22,23)24/h2-5,10,15,30H,6-9,11-12H2,1H3/t19-/m1/s1. The lowest BCUT2D eigenvalue weighted by Crippen LogP contribution is -2.44. The van der Waals surface area contributed by atoms with E-state index in [9.17, 15) is 33.2 Å². The topological polar surface area (TPSA) is 120 Å². The first kappa shape index (κ1) is 25.6. The second kappa shape index (κ2) is 10.1. The highest BCUT2D eigenvalue weighted by Gasteiger charge is 2.32. The highest BCUT2D eigenvalue weighted by Crippen LogP contribution is 2.31. The highest BCUT2D eigenvalue weighted by molar-refractivity contribution is 6.28. The zero-order valence-corrected chi connectivity index (χ0v) is 18.8. The van der Waals surface area contributed by atoms with Gasteiger partial charge in [-0.1, -0.05) is 0 Å². The third-order valence-corrected chi connectivity index (χ3v) is 5.41. The van der Waals surface area contributed by atoms with Crippen molar-refractivity contribution >= 4 is 23.5 Å². The molecule has 1 saturated heterocycles. The molecule has 0 saturated carbocycles. The molecular weight excluding hydrogens is 485 g/mol. The Bertz CT molecular complexity index is 1020. The van der Waals surface area contributed by atoms with Gasteiger partial charge in [0.1, 0.15) is 30.3 Å². The molecule has 0 spiro atoms. The number of aromatic nitrogens is 2. The number of hydrogen-bond acceptors (Lipinski definition) is 7. The Kier molecular flexibility index (Phi) is 7.56. The molecule has 3 rings (SSSR count). The van der Waals surface area contributed by atoms with Crippen LogP contribution in [0.15, 0.2) is 30.5 Å². The molecule has 186 valence electrons. The molecule has 10 nitrogen and oxygen atoms in total. The molecule has 0 bridgehead atoms. The maximum atomic E-state index is 12.7. The van der Waals surface area contributed by atoms with Crippen LogP contribution in [0.1, 0.15) is 25.3 Å². The van der Waals surface area contributed by atoms with Gasteiger partial charge in [0.2, 0.25) is 0 Å². The molecule has 1 amide bonds. The first-order valence-electron chi connectivity index (χ1n) is 10.2. The molecule has 1 aliphatic rings. The summed E-state index contributed by atoms with van der Waals surface area (Å²) in [6.45, 7) is 1.39. The van der Waals surface area contributed by atoms with Crippen LogP contribution in [0.3, 0.4) is 0 Å². The summed E-state index contributed by atoms with van der Waals surface area (Å²) in [7, 11) is 0. The third kappa shape index (κ3) is 6.73. The van der Waals surface area contributed by atoms with Crippen molar-refractivity contribution in [3.8, 4) is 5.75 Å². The Hall–Kier alpha value is -3.06. The van der Waals surface area contributed by atoms with Gasteiger partial charge in [-0.3, -0.25) is 4.57 Å². The molecular formula is C20H22ClF3N4O6. The van der Waals surface area contributed by atoms with Crippen molar-refractivity contribution in [1.82, 2.24) is 14.5 Å². The predicted octanol–water partition coefficient (Wildman–Crippen LogP) is 3.89. The first-order valence-corrected chi connectivity index (χ1v) is 10.6. The summed E-state index contributed by atoms with van der Waals surface area (Å²) in [4.78, 5) is 27.4. The summed E-state index contributed by atoms with van der Waals surface area (Å²) in [6, 6.07) is 4.41. The second-order valence-corrected chi connectivity index (χ2v) is 8.47. The van der Waals surface area contributed by atoms with E-state index in [1.807, 2.05) is 0 Å². The minimum Gasteiger partial charge on any atom is -0.490 e. The Morgan fingerprint density at radius 2 is 1.91 bits per heavy atom. The number of amides is 1.